The molecule has 0 saturated heterocycles. The zero-order valence-electron chi connectivity index (χ0n) is 15.9. The van der Waals surface area contributed by atoms with E-state index in [1.165, 1.54) is 17.5 Å². The van der Waals surface area contributed by atoms with E-state index in [1.54, 1.807) is 25.6 Å². The van der Waals surface area contributed by atoms with Crippen molar-refractivity contribution in [1.29, 1.82) is 0 Å². The quantitative estimate of drug-likeness (QED) is 0.606. The fourth-order valence-electron chi connectivity index (χ4n) is 3.92. The number of hydrogen-bond donors (Lipinski definition) is 0. The van der Waals surface area contributed by atoms with Crippen LogP contribution in [0.15, 0.2) is 47.8 Å². The molecule has 0 aliphatic heterocycles. The smallest absolute Gasteiger partial charge is 0.170 e. The summed E-state index contributed by atoms with van der Waals surface area (Å²) in [7, 11) is 5.52. The van der Waals surface area contributed by atoms with E-state index in [2.05, 4.69) is 41.6 Å². The Labute approximate surface area is 164 Å². The van der Waals surface area contributed by atoms with Gasteiger partial charge in [0.2, 0.25) is 0 Å². The van der Waals surface area contributed by atoms with E-state index in [4.69, 9.17) is 14.5 Å². The molecule has 0 spiro atoms. The molecule has 0 fully saturated rings. The zero-order chi connectivity index (χ0) is 18.8. The van der Waals surface area contributed by atoms with E-state index >= 15 is 0 Å². The Hall–Kier alpha value is -2.37. The average molecular weight is 381 g/mol. The Morgan fingerprint density at radius 3 is 2.78 bits per heavy atom. The number of para-hydroxylation sites is 1. The first-order valence-electron chi connectivity index (χ1n) is 9.15. The monoisotopic (exact) mass is 380 g/mol. The predicted molar refractivity (Wildman–Crippen MR) is 110 cm³/mol. The van der Waals surface area contributed by atoms with Crippen molar-refractivity contribution in [3.05, 3.63) is 64.7 Å². The maximum Gasteiger partial charge on any atom is 0.170 e. The number of rotatable bonds is 6. The van der Waals surface area contributed by atoms with Crippen molar-refractivity contribution in [2.45, 2.75) is 25.4 Å². The van der Waals surface area contributed by atoms with Gasteiger partial charge in [-0.2, -0.15) is 0 Å². The number of nitrogens with zero attached hydrogens (tertiary/aromatic N) is 2. The molecule has 1 aliphatic carbocycles. The molecule has 2 aromatic carbocycles. The maximum absolute atomic E-state index is 5.56. The molecule has 1 unspecified atom stereocenters. The highest BCUT2D eigenvalue weighted by atomic mass is 32.1. The highest BCUT2D eigenvalue weighted by molar-refractivity contribution is 7.13. The summed E-state index contributed by atoms with van der Waals surface area (Å²) in [6, 6.07) is 15.2. The van der Waals surface area contributed by atoms with Gasteiger partial charge in [-0.25, -0.2) is 4.98 Å². The van der Waals surface area contributed by atoms with E-state index in [0.29, 0.717) is 6.04 Å². The summed E-state index contributed by atoms with van der Waals surface area (Å²) in [6.07, 6.45) is 2.34. The summed E-state index contributed by atoms with van der Waals surface area (Å²) in [5.74, 6) is 1.46. The van der Waals surface area contributed by atoms with Gasteiger partial charge in [0.15, 0.2) is 11.5 Å². The molecule has 1 heterocycles. The van der Waals surface area contributed by atoms with Crippen molar-refractivity contribution in [2.24, 2.45) is 0 Å². The van der Waals surface area contributed by atoms with Gasteiger partial charge in [0.05, 0.1) is 25.5 Å². The first-order valence-corrected chi connectivity index (χ1v) is 10.0. The lowest BCUT2D eigenvalue weighted by atomic mass is 10.1. The average Bonchev–Trinajstić information content (AvgIpc) is 3.34. The molecular formula is C22H24N2O2S. The molecule has 5 heteroatoms. The number of aryl methyl sites for hydroxylation is 1. The number of fused-ring (bicyclic) bond motifs is 1. The molecule has 0 saturated carbocycles. The molecule has 3 aromatic rings. The first kappa shape index (κ1) is 18.0. The minimum atomic E-state index is 0.470. The summed E-state index contributed by atoms with van der Waals surface area (Å²) in [5.41, 5.74) is 5.01. The third-order valence-electron chi connectivity index (χ3n) is 5.23. The van der Waals surface area contributed by atoms with Crippen LogP contribution in [0.3, 0.4) is 0 Å². The number of thiazole rings is 1. The molecule has 1 aromatic heterocycles. The van der Waals surface area contributed by atoms with E-state index in [1.807, 2.05) is 18.2 Å². The lowest BCUT2D eigenvalue weighted by Crippen LogP contribution is -2.22. The van der Waals surface area contributed by atoms with Gasteiger partial charge in [-0.15, -0.1) is 11.3 Å². The van der Waals surface area contributed by atoms with Crippen LogP contribution in [0.5, 0.6) is 11.5 Å². The third-order valence-corrected chi connectivity index (χ3v) is 6.15. The largest absolute Gasteiger partial charge is 0.493 e. The molecule has 27 heavy (non-hydrogen) atoms. The Morgan fingerprint density at radius 2 is 1.96 bits per heavy atom. The number of aromatic nitrogens is 1. The number of methoxy groups -OCH3 is 2. The molecule has 4 nitrogen and oxygen atoms in total. The topological polar surface area (TPSA) is 34.6 Å². The predicted octanol–water partition coefficient (Wildman–Crippen LogP) is 4.95. The van der Waals surface area contributed by atoms with E-state index in [-0.39, 0.29) is 0 Å². The molecule has 140 valence electrons. The van der Waals surface area contributed by atoms with Crippen LogP contribution in [0.2, 0.25) is 0 Å². The fourth-order valence-corrected chi connectivity index (χ4v) is 4.75. The van der Waals surface area contributed by atoms with Gasteiger partial charge in [0.25, 0.3) is 0 Å². The highest BCUT2D eigenvalue weighted by Crippen LogP contribution is 2.40. The lowest BCUT2D eigenvalue weighted by Gasteiger charge is -2.24. The van der Waals surface area contributed by atoms with Gasteiger partial charge in [0, 0.05) is 18.0 Å². The van der Waals surface area contributed by atoms with E-state index in [9.17, 15) is 0 Å². The molecule has 0 N–H and O–H groups in total. The Bertz CT molecular complexity index is 938. The standard InChI is InChI=1S/C22H24N2O2S/c1-24(19-12-11-15-7-4-5-8-17(15)19)13-16-14-27-22(23-16)18-9-6-10-20(25-2)21(18)26-3/h4-10,14,19H,11-13H2,1-3H3. The molecule has 1 atom stereocenters. The molecular weight excluding hydrogens is 356 g/mol. The SMILES string of the molecule is COc1cccc(-c2nc(CN(C)C3CCc4ccccc43)cs2)c1OC. The molecule has 0 bridgehead atoms. The molecule has 1 aliphatic rings. The normalized spacial score (nSPS) is 15.8. The molecule has 0 amide bonds. The second-order valence-corrected chi connectivity index (χ2v) is 7.71. The van der Waals surface area contributed by atoms with Crippen LogP contribution in [0, 0.1) is 0 Å². The van der Waals surface area contributed by atoms with Gasteiger partial charge in [-0.3, -0.25) is 4.90 Å². The van der Waals surface area contributed by atoms with Gasteiger partial charge >= 0.3 is 0 Å². The second-order valence-electron chi connectivity index (χ2n) is 6.85. The number of ether oxygens (including phenoxy) is 2. The summed E-state index contributed by atoms with van der Waals surface area (Å²) in [4.78, 5) is 7.28. The lowest BCUT2D eigenvalue weighted by molar-refractivity contribution is 0.234. The first-order chi connectivity index (χ1) is 13.2. The van der Waals surface area contributed by atoms with Crippen molar-refractivity contribution in [3.63, 3.8) is 0 Å². The maximum atomic E-state index is 5.56. The zero-order valence-corrected chi connectivity index (χ0v) is 16.8. The van der Waals surface area contributed by atoms with Crippen LogP contribution >= 0.6 is 11.3 Å². The summed E-state index contributed by atoms with van der Waals surface area (Å²) < 4.78 is 11.0. The van der Waals surface area contributed by atoms with Crippen LogP contribution in [-0.2, 0) is 13.0 Å². The Kier molecular flexibility index (Phi) is 5.14. The van der Waals surface area contributed by atoms with Crippen LogP contribution in [0.4, 0.5) is 0 Å². The van der Waals surface area contributed by atoms with Crippen molar-refractivity contribution in [1.82, 2.24) is 9.88 Å². The van der Waals surface area contributed by atoms with Crippen LogP contribution < -0.4 is 9.47 Å². The number of hydrogen-bond acceptors (Lipinski definition) is 5. The van der Waals surface area contributed by atoms with Crippen molar-refractivity contribution < 1.29 is 9.47 Å². The molecule has 0 radical (unpaired) electrons. The minimum Gasteiger partial charge on any atom is -0.493 e. The summed E-state index contributed by atoms with van der Waals surface area (Å²) >= 11 is 1.65. The summed E-state index contributed by atoms with van der Waals surface area (Å²) in [6.45, 7) is 0.835. The van der Waals surface area contributed by atoms with Gasteiger partial charge in [-0.05, 0) is 43.1 Å². The molecule has 4 rings (SSSR count). The fraction of sp³-hybridized carbons (Fsp3) is 0.318. The van der Waals surface area contributed by atoms with Crippen molar-refractivity contribution in [3.8, 4) is 22.1 Å². The van der Waals surface area contributed by atoms with Gasteiger partial charge in [0.1, 0.15) is 5.01 Å². The van der Waals surface area contributed by atoms with Crippen LogP contribution in [0.25, 0.3) is 10.6 Å². The number of benzene rings is 2. The van der Waals surface area contributed by atoms with E-state index < -0.39 is 0 Å². The van der Waals surface area contributed by atoms with Gasteiger partial charge < -0.3 is 9.47 Å². The summed E-state index contributed by atoms with van der Waals surface area (Å²) in [5, 5.41) is 3.10. The van der Waals surface area contributed by atoms with Crippen molar-refractivity contribution >= 4 is 11.3 Å². The Balaban J connectivity index is 1.54. The van der Waals surface area contributed by atoms with E-state index in [0.717, 1.165) is 40.7 Å². The highest BCUT2D eigenvalue weighted by Gasteiger charge is 2.26. The second kappa shape index (κ2) is 7.71. The van der Waals surface area contributed by atoms with Crippen LogP contribution in [0.1, 0.15) is 29.3 Å². The van der Waals surface area contributed by atoms with Crippen molar-refractivity contribution in [2.75, 3.05) is 21.3 Å². The van der Waals surface area contributed by atoms with Crippen LogP contribution in [-0.4, -0.2) is 31.2 Å². The Morgan fingerprint density at radius 1 is 1.11 bits per heavy atom. The van der Waals surface area contributed by atoms with Gasteiger partial charge in [-0.1, -0.05) is 30.3 Å². The third kappa shape index (κ3) is 3.45. The minimum absolute atomic E-state index is 0.470.